The van der Waals surface area contributed by atoms with Crippen molar-refractivity contribution in [3.8, 4) is 0 Å². The van der Waals surface area contributed by atoms with E-state index in [1.165, 1.54) is 0 Å². The van der Waals surface area contributed by atoms with Gasteiger partial charge in [-0.15, -0.1) is 0 Å². The summed E-state index contributed by atoms with van der Waals surface area (Å²) in [5.74, 6) is 0.447. The lowest BCUT2D eigenvalue weighted by Gasteiger charge is -2.49. The zero-order valence-electron chi connectivity index (χ0n) is 20.6. The Bertz CT molecular complexity index is 695. The van der Waals surface area contributed by atoms with Gasteiger partial charge in [0.25, 0.3) is 0 Å². The number of fused-ring (bicyclic) bond motifs is 1. The highest BCUT2D eigenvalue weighted by Crippen LogP contribution is 2.47. The lowest BCUT2D eigenvalue weighted by Crippen LogP contribution is -2.49. The molecule has 32 heavy (non-hydrogen) atoms. The number of rotatable bonds is 14. The molecule has 1 aromatic carbocycles. The SMILES string of the molecule is CCOCCOCCOC(O)CC1CC(C)(C)N(CCCO)c2cc(C(C)C)c(N)cc21. The quantitative estimate of drug-likeness (QED) is 0.225. The van der Waals surface area contributed by atoms with Crippen LogP contribution in [0, 0.1) is 0 Å². The van der Waals surface area contributed by atoms with Crippen molar-refractivity contribution in [3.63, 3.8) is 0 Å². The number of aliphatic hydroxyl groups is 2. The van der Waals surface area contributed by atoms with Gasteiger partial charge in [-0.25, -0.2) is 0 Å². The minimum absolute atomic E-state index is 0.112. The van der Waals surface area contributed by atoms with Crippen LogP contribution in [0.5, 0.6) is 0 Å². The highest BCUT2D eigenvalue weighted by atomic mass is 16.6. The Kier molecular flexibility index (Phi) is 10.7. The molecular formula is C25H44N2O5. The van der Waals surface area contributed by atoms with E-state index in [0.29, 0.717) is 51.8 Å². The Morgan fingerprint density at radius 2 is 1.84 bits per heavy atom. The molecule has 0 fully saturated rings. The molecule has 7 nitrogen and oxygen atoms in total. The van der Waals surface area contributed by atoms with Gasteiger partial charge in [-0.1, -0.05) is 13.8 Å². The zero-order valence-corrected chi connectivity index (χ0v) is 20.6. The van der Waals surface area contributed by atoms with Crippen LogP contribution in [-0.4, -0.2) is 68.2 Å². The number of aliphatic hydroxyl groups excluding tert-OH is 2. The summed E-state index contributed by atoms with van der Waals surface area (Å²) in [5, 5.41) is 20.0. The van der Waals surface area contributed by atoms with Gasteiger partial charge in [0.15, 0.2) is 6.29 Å². The van der Waals surface area contributed by atoms with Crippen molar-refractivity contribution in [2.75, 3.05) is 56.8 Å². The number of nitrogens with two attached hydrogens (primary N) is 1. The number of benzene rings is 1. The molecule has 0 aromatic heterocycles. The maximum absolute atomic E-state index is 10.6. The highest BCUT2D eigenvalue weighted by molar-refractivity contribution is 5.68. The minimum atomic E-state index is -0.867. The minimum Gasteiger partial charge on any atom is -0.398 e. The number of anilines is 2. The first kappa shape index (κ1) is 26.9. The lowest BCUT2D eigenvalue weighted by molar-refractivity contribution is -0.120. The molecule has 1 heterocycles. The Morgan fingerprint density at radius 3 is 2.50 bits per heavy atom. The van der Waals surface area contributed by atoms with Crippen molar-refractivity contribution in [3.05, 3.63) is 23.3 Å². The normalized spacial score (nSPS) is 18.8. The molecule has 0 aliphatic carbocycles. The summed E-state index contributed by atoms with van der Waals surface area (Å²) in [4.78, 5) is 2.39. The molecular weight excluding hydrogens is 408 g/mol. The van der Waals surface area contributed by atoms with Gasteiger partial charge >= 0.3 is 0 Å². The molecule has 0 saturated heterocycles. The van der Waals surface area contributed by atoms with Crippen LogP contribution in [0.15, 0.2) is 12.1 Å². The van der Waals surface area contributed by atoms with Gasteiger partial charge in [-0.2, -0.15) is 0 Å². The molecule has 2 unspecified atom stereocenters. The van der Waals surface area contributed by atoms with Crippen LogP contribution in [0.2, 0.25) is 0 Å². The Labute approximate surface area is 193 Å². The molecule has 0 amide bonds. The molecule has 7 heteroatoms. The largest absolute Gasteiger partial charge is 0.398 e. The van der Waals surface area contributed by atoms with Gasteiger partial charge < -0.3 is 35.1 Å². The number of nitrogen functional groups attached to an aromatic ring is 1. The molecule has 2 rings (SSSR count). The summed E-state index contributed by atoms with van der Waals surface area (Å²) in [6, 6.07) is 4.29. The molecule has 0 radical (unpaired) electrons. The topological polar surface area (TPSA) is 97.4 Å². The second-order valence-electron chi connectivity index (χ2n) is 9.51. The molecule has 4 N–H and O–H groups in total. The van der Waals surface area contributed by atoms with Crippen LogP contribution in [0.3, 0.4) is 0 Å². The van der Waals surface area contributed by atoms with Crippen LogP contribution in [-0.2, 0) is 14.2 Å². The van der Waals surface area contributed by atoms with E-state index in [-0.39, 0.29) is 18.1 Å². The van der Waals surface area contributed by atoms with Crippen molar-refractivity contribution in [1.82, 2.24) is 0 Å². The Hall–Kier alpha value is -1.38. The van der Waals surface area contributed by atoms with E-state index in [9.17, 15) is 10.2 Å². The second-order valence-corrected chi connectivity index (χ2v) is 9.51. The van der Waals surface area contributed by atoms with Crippen molar-refractivity contribution in [2.24, 2.45) is 0 Å². The number of nitrogens with zero attached hydrogens (tertiary/aromatic N) is 1. The van der Waals surface area contributed by atoms with E-state index in [1.807, 2.05) is 6.92 Å². The predicted molar refractivity (Wildman–Crippen MR) is 129 cm³/mol. The molecule has 1 aromatic rings. The van der Waals surface area contributed by atoms with Gasteiger partial charge in [0.2, 0.25) is 0 Å². The molecule has 2 atom stereocenters. The van der Waals surface area contributed by atoms with Crippen LogP contribution >= 0.6 is 0 Å². The fourth-order valence-electron chi connectivity index (χ4n) is 4.63. The van der Waals surface area contributed by atoms with E-state index in [1.54, 1.807) is 0 Å². The smallest absolute Gasteiger partial charge is 0.155 e. The summed E-state index contributed by atoms with van der Waals surface area (Å²) >= 11 is 0. The molecule has 184 valence electrons. The molecule has 1 aliphatic heterocycles. The summed E-state index contributed by atoms with van der Waals surface area (Å²) in [6.45, 7) is 14.2. The van der Waals surface area contributed by atoms with Crippen LogP contribution in [0.4, 0.5) is 11.4 Å². The maximum atomic E-state index is 10.6. The summed E-state index contributed by atoms with van der Waals surface area (Å²) in [5.41, 5.74) is 10.5. The third-order valence-electron chi connectivity index (χ3n) is 6.20. The first-order chi connectivity index (χ1) is 15.2. The van der Waals surface area contributed by atoms with Crippen LogP contribution < -0.4 is 10.6 Å². The number of hydrogen-bond acceptors (Lipinski definition) is 7. The lowest BCUT2D eigenvalue weighted by atomic mass is 9.76. The van der Waals surface area contributed by atoms with Gasteiger partial charge in [-0.05, 0) is 68.7 Å². The van der Waals surface area contributed by atoms with Gasteiger partial charge in [0.05, 0.1) is 26.4 Å². The summed E-state index contributed by atoms with van der Waals surface area (Å²) < 4.78 is 16.3. The Balaban J connectivity index is 2.12. The van der Waals surface area contributed by atoms with Gasteiger partial charge in [-0.3, -0.25) is 0 Å². The monoisotopic (exact) mass is 452 g/mol. The van der Waals surface area contributed by atoms with E-state index >= 15 is 0 Å². The molecule has 0 saturated carbocycles. The predicted octanol–water partition coefficient (Wildman–Crippen LogP) is 3.63. The standard InChI is InChI=1S/C25H44N2O5/c1-6-30-10-11-31-12-13-32-24(29)14-19-17-25(4,5)27(8-7-9-28)23-16-20(18(2)3)22(26)15-21(19)23/h15-16,18-19,24,28-29H,6-14,17,26H2,1-5H3. The van der Waals surface area contributed by atoms with E-state index in [4.69, 9.17) is 19.9 Å². The van der Waals surface area contributed by atoms with Gasteiger partial charge in [0.1, 0.15) is 0 Å². The number of ether oxygens (including phenoxy) is 3. The van der Waals surface area contributed by atoms with Crippen LogP contribution in [0.25, 0.3) is 0 Å². The fourth-order valence-corrected chi connectivity index (χ4v) is 4.63. The van der Waals surface area contributed by atoms with E-state index < -0.39 is 6.29 Å². The first-order valence-corrected chi connectivity index (χ1v) is 12.0. The Morgan fingerprint density at radius 1 is 1.16 bits per heavy atom. The third-order valence-corrected chi connectivity index (χ3v) is 6.20. The highest BCUT2D eigenvalue weighted by Gasteiger charge is 2.39. The van der Waals surface area contributed by atoms with Crippen molar-refractivity contribution in [1.29, 1.82) is 0 Å². The second kappa shape index (κ2) is 12.8. The maximum Gasteiger partial charge on any atom is 0.155 e. The summed E-state index contributed by atoms with van der Waals surface area (Å²) in [7, 11) is 0. The van der Waals surface area contributed by atoms with Crippen LogP contribution in [0.1, 0.15) is 76.8 Å². The van der Waals surface area contributed by atoms with Crippen molar-refractivity contribution in [2.45, 2.75) is 77.5 Å². The third kappa shape index (κ3) is 7.32. The van der Waals surface area contributed by atoms with E-state index in [2.05, 4.69) is 44.7 Å². The number of hydrogen-bond donors (Lipinski definition) is 3. The average molecular weight is 453 g/mol. The molecule has 1 aliphatic rings. The first-order valence-electron chi connectivity index (χ1n) is 12.0. The fraction of sp³-hybridized carbons (Fsp3) is 0.760. The zero-order chi connectivity index (χ0) is 23.7. The van der Waals surface area contributed by atoms with E-state index in [0.717, 1.165) is 35.5 Å². The molecule has 0 spiro atoms. The van der Waals surface area contributed by atoms with Crippen molar-refractivity contribution >= 4 is 11.4 Å². The summed E-state index contributed by atoms with van der Waals surface area (Å²) in [6.07, 6.45) is 1.22. The average Bonchev–Trinajstić information content (AvgIpc) is 2.72. The van der Waals surface area contributed by atoms with Crippen molar-refractivity contribution < 1.29 is 24.4 Å². The van der Waals surface area contributed by atoms with Gasteiger partial charge in [0, 0.05) is 43.1 Å². The molecule has 0 bridgehead atoms.